The predicted octanol–water partition coefficient (Wildman–Crippen LogP) is 3.56. The summed E-state index contributed by atoms with van der Waals surface area (Å²) in [4.78, 5) is 37.7. The van der Waals surface area contributed by atoms with E-state index in [2.05, 4.69) is 21.2 Å². The number of carbonyl (C=O) groups excluding carboxylic acids is 3. The summed E-state index contributed by atoms with van der Waals surface area (Å²) in [5.41, 5.74) is 0.900. The summed E-state index contributed by atoms with van der Waals surface area (Å²) in [6.07, 6.45) is 1.14. The number of rotatable bonds is 2. The molecular weight excluding hydrogens is 391 g/mol. The Bertz CT molecular complexity index is 940. The van der Waals surface area contributed by atoms with Crippen LogP contribution in [0.1, 0.15) is 11.1 Å². The van der Waals surface area contributed by atoms with Crippen LogP contribution in [0.2, 0.25) is 0 Å². The van der Waals surface area contributed by atoms with Gasteiger partial charge in [-0.2, -0.15) is 0 Å². The molecule has 7 heteroatoms. The van der Waals surface area contributed by atoms with Crippen LogP contribution >= 0.6 is 15.9 Å². The molecule has 3 rings (SSSR count). The van der Waals surface area contributed by atoms with E-state index in [9.17, 15) is 18.8 Å². The average Bonchev–Trinajstić information content (AvgIpc) is 2.56. The second kappa shape index (κ2) is 6.60. The Morgan fingerprint density at radius 3 is 2.52 bits per heavy atom. The monoisotopic (exact) mass is 402 g/mol. The standard InChI is InChI=1S/C18H12BrFN2O3/c1-10-8-12(6-7-14(10)19)22-17(24)13(16(23)21-18(22)25)9-11-4-2-3-5-15(11)20/h2-9H,1H3,(H,21,23,25)/b13-9+. The molecule has 1 aliphatic rings. The van der Waals surface area contributed by atoms with Crippen molar-refractivity contribution in [1.29, 1.82) is 0 Å². The average molecular weight is 403 g/mol. The third-order valence-corrected chi connectivity index (χ3v) is 4.60. The summed E-state index contributed by atoms with van der Waals surface area (Å²) >= 11 is 3.35. The number of hydrogen-bond donors (Lipinski definition) is 1. The Morgan fingerprint density at radius 2 is 1.84 bits per heavy atom. The Hall–Kier alpha value is -2.80. The van der Waals surface area contributed by atoms with Gasteiger partial charge in [0.15, 0.2) is 0 Å². The van der Waals surface area contributed by atoms with E-state index < -0.39 is 23.7 Å². The van der Waals surface area contributed by atoms with Crippen molar-refractivity contribution >= 4 is 45.5 Å². The first kappa shape index (κ1) is 17.0. The number of imide groups is 2. The Balaban J connectivity index is 2.05. The number of urea groups is 1. The van der Waals surface area contributed by atoms with Crippen molar-refractivity contribution in [2.24, 2.45) is 0 Å². The van der Waals surface area contributed by atoms with E-state index >= 15 is 0 Å². The van der Waals surface area contributed by atoms with Crippen LogP contribution in [-0.4, -0.2) is 17.8 Å². The van der Waals surface area contributed by atoms with Gasteiger partial charge in [0.25, 0.3) is 11.8 Å². The van der Waals surface area contributed by atoms with E-state index in [1.807, 2.05) is 0 Å². The quantitative estimate of drug-likeness (QED) is 0.616. The normalized spacial score (nSPS) is 16.4. The number of amides is 4. The molecule has 0 unspecified atom stereocenters. The van der Waals surface area contributed by atoms with E-state index in [-0.39, 0.29) is 11.1 Å². The van der Waals surface area contributed by atoms with Gasteiger partial charge in [0.05, 0.1) is 5.69 Å². The first-order chi connectivity index (χ1) is 11.9. The van der Waals surface area contributed by atoms with Gasteiger partial charge in [-0.25, -0.2) is 14.1 Å². The van der Waals surface area contributed by atoms with Gasteiger partial charge < -0.3 is 0 Å². The van der Waals surface area contributed by atoms with Crippen LogP contribution in [0.25, 0.3) is 6.08 Å². The number of nitrogens with one attached hydrogen (secondary N) is 1. The molecule has 1 aliphatic heterocycles. The molecule has 5 nitrogen and oxygen atoms in total. The molecule has 0 bridgehead atoms. The van der Waals surface area contributed by atoms with Crippen LogP contribution < -0.4 is 10.2 Å². The first-order valence-corrected chi connectivity index (χ1v) is 8.10. The molecule has 1 heterocycles. The number of hydrogen-bond acceptors (Lipinski definition) is 3. The molecule has 0 aliphatic carbocycles. The fourth-order valence-corrected chi connectivity index (χ4v) is 2.65. The molecule has 0 aromatic heterocycles. The highest BCUT2D eigenvalue weighted by atomic mass is 79.9. The maximum Gasteiger partial charge on any atom is 0.335 e. The van der Waals surface area contributed by atoms with Crippen LogP contribution in [0.5, 0.6) is 0 Å². The van der Waals surface area contributed by atoms with Gasteiger partial charge in [-0.3, -0.25) is 14.9 Å². The lowest BCUT2D eigenvalue weighted by Crippen LogP contribution is -2.54. The minimum Gasteiger partial charge on any atom is -0.273 e. The van der Waals surface area contributed by atoms with E-state index in [1.54, 1.807) is 31.2 Å². The molecule has 0 radical (unpaired) electrons. The second-order valence-electron chi connectivity index (χ2n) is 5.41. The molecule has 0 spiro atoms. The molecular formula is C18H12BrFN2O3. The summed E-state index contributed by atoms with van der Waals surface area (Å²) in [5.74, 6) is -2.24. The molecule has 1 N–H and O–H groups in total. The molecule has 4 amide bonds. The van der Waals surface area contributed by atoms with E-state index in [4.69, 9.17) is 0 Å². The van der Waals surface area contributed by atoms with Crippen molar-refractivity contribution in [3.63, 3.8) is 0 Å². The van der Waals surface area contributed by atoms with Crippen LogP contribution in [0.4, 0.5) is 14.9 Å². The number of halogens is 2. The van der Waals surface area contributed by atoms with E-state index in [0.29, 0.717) is 5.69 Å². The zero-order valence-corrected chi connectivity index (χ0v) is 14.6. The number of benzene rings is 2. The topological polar surface area (TPSA) is 66.5 Å². The molecule has 1 saturated heterocycles. The maximum absolute atomic E-state index is 13.8. The summed E-state index contributed by atoms with van der Waals surface area (Å²) in [5, 5.41) is 2.11. The largest absolute Gasteiger partial charge is 0.335 e. The van der Waals surface area contributed by atoms with Gasteiger partial charge in [0, 0.05) is 10.0 Å². The molecule has 0 atom stereocenters. The first-order valence-electron chi connectivity index (χ1n) is 7.30. The summed E-state index contributed by atoms with van der Waals surface area (Å²) < 4.78 is 14.6. The van der Waals surface area contributed by atoms with Crippen molar-refractivity contribution in [3.8, 4) is 0 Å². The zero-order chi connectivity index (χ0) is 18.1. The van der Waals surface area contributed by atoms with Crippen molar-refractivity contribution in [1.82, 2.24) is 5.32 Å². The van der Waals surface area contributed by atoms with Crippen molar-refractivity contribution in [3.05, 3.63) is 69.5 Å². The number of barbiturate groups is 1. The number of aryl methyl sites for hydroxylation is 1. The molecule has 1 fully saturated rings. The number of anilines is 1. The van der Waals surface area contributed by atoms with E-state index in [0.717, 1.165) is 21.0 Å². The molecule has 2 aromatic carbocycles. The third kappa shape index (κ3) is 3.23. The van der Waals surface area contributed by atoms with Crippen LogP contribution in [0.15, 0.2) is 52.5 Å². The lowest BCUT2D eigenvalue weighted by molar-refractivity contribution is -0.122. The Morgan fingerprint density at radius 1 is 1.12 bits per heavy atom. The van der Waals surface area contributed by atoms with Crippen LogP contribution in [-0.2, 0) is 9.59 Å². The summed E-state index contributed by atoms with van der Waals surface area (Å²) in [7, 11) is 0. The van der Waals surface area contributed by atoms with Gasteiger partial charge in [0.2, 0.25) is 0 Å². The zero-order valence-electron chi connectivity index (χ0n) is 13.0. The summed E-state index contributed by atoms with van der Waals surface area (Å²) in [6.45, 7) is 1.81. The van der Waals surface area contributed by atoms with Gasteiger partial charge in [0.1, 0.15) is 11.4 Å². The highest BCUT2D eigenvalue weighted by Crippen LogP contribution is 2.26. The maximum atomic E-state index is 13.8. The van der Waals surface area contributed by atoms with Crippen molar-refractivity contribution in [2.45, 2.75) is 6.92 Å². The molecule has 2 aromatic rings. The lowest BCUT2D eigenvalue weighted by Gasteiger charge is -2.26. The lowest BCUT2D eigenvalue weighted by atomic mass is 10.1. The fourth-order valence-electron chi connectivity index (χ4n) is 2.41. The van der Waals surface area contributed by atoms with Gasteiger partial charge in [-0.1, -0.05) is 34.1 Å². The Labute approximate surface area is 151 Å². The molecule has 126 valence electrons. The number of carbonyl (C=O) groups is 3. The fraction of sp³-hybridized carbons (Fsp3) is 0.0556. The highest BCUT2D eigenvalue weighted by Gasteiger charge is 2.37. The minimum absolute atomic E-state index is 0.0854. The van der Waals surface area contributed by atoms with Crippen molar-refractivity contribution in [2.75, 3.05) is 4.90 Å². The molecule has 25 heavy (non-hydrogen) atoms. The number of nitrogens with zero attached hydrogens (tertiary/aromatic N) is 1. The third-order valence-electron chi connectivity index (χ3n) is 3.71. The van der Waals surface area contributed by atoms with Crippen LogP contribution in [0.3, 0.4) is 0 Å². The van der Waals surface area contributed by atoms with Crippen molar-refractivity contribution < 1.29 is 18.8 Å². The summed E-state index contributed by atoms with van der Waals surface area (Å²) in [6, 6.07) is 9.81. The second-order valence-corrected chi connectivity index (χ2v) is 6.27. The Kier molecular flexibility index (Phi) is 4.50. The van der Waals surface area contributed by atoms with Gasteiger partial charge in [-0.15, -0.1) is 0 Å². The van der Waals surface area contributed by atoms with Gasteiger partial charge >= 0.3 is 6.03 Å². The van der Waals surface area contributed by atoms with Crippen LogP contribution in [0, 0.1) is 12.7 Å². The smallest absolute Gasteiger partial charge is 0.273 e. The van der Waals surface area contributed by atoms with E-state index in [1.165, 1.54) is 18.2 Å². The van der Waals surface area contributed by atoms with Gasteiger partial charge in [-0.05, 0) is 42.8 Å². The molecule has 0 saturated carbocycles. The predicted molar refractivity (Wildman–Crippen MR) is 94.3 cm³/mol. The highest BCUT2D eigenvalue weighted by molar-refractivity contribution is 9.10. The minimum atomic E-state index is -0.858. The SMILES string of the molecule is Cc1cc(N2C(=O)NC(=O)/C(=C\c3ccccc3F)C2=O)ccc1Br.